The monoisotopic (exact) mass is 463 g/mol. The van der Waals surface area contributed by atoms with Crippen molar-refractivity contribution in [2.45, 2.75) is 44.2 Å². The second-order valence-electron chi connectivity index (χ2n) is 9.10. The third kappa shape index (κ3) is 5.72. The number of para-hydroxylation sites is 1. The zero-order chi connectivity index (χ0) is 23.8. The van der Waals surface area contributed by atoms with Crippen molar-refractivity contribution in [1.82, 2.24) is 10.2 Å². The van der Waals surface area contributed by atoms with Gasteiger partial charge in [0.2, 0.25) is 0 Å². The summed E-state index contributed by atoms with van der Waals surface area (Å²) in [4.78, 5) is 42.3. The number of benzene rings is 2. The van der Waals surface area contributed by atoms with Gasteiger partial charge in [-0.2, -0.15) is 0 Å². The molecule has 0 bridgehead atoms. The van der Waals surface area contributed by atoms with Crippen LogP contribution in [-0.2, 0) is 20.9 Å². The lowest BCUT2D eigenvalue weighted by Crippen LogP contribution is -2.61. The van der Waals surface area contributed by atoms with Gasteiger partial charge in [0.05, 0.1) is 19.8 Å². The number of hydrogen-bond acceptors (Lipinski definition) is 5. The molecule has 34 heavy (non-hydrogen) atoms. The third-order valence-electron chi connectivity index (χ3n) is 6.77. The van der Waals surface area contributed by atoms with Gasteiger partial charge in [0.15, 0.2) is 0 Å². The molecule has 1 aliphatic carbocycles. The lowest BCUT2D eigenvalue weighted by Gasteiger charge is -2.40. The smallest absolute Gasteiger partial charge is 0.253 e. The molecule has 2 aromatic carbocycles. The first-order chi connectivity index (χ1) is 16.6. The number of amides is 2. The van der Waals surface area contributed by atoms with Gasteiger partial charge in [0.1, 0.15) is 11.8 Å². The molecule has 7 heteroatoms. The van der Waals surface area contributed by atoms with E-state index in [0.717, 1.165) is 64.0 Å². The Bertz CT molecular complexity index is 965. The Morgan fingerprint density at radius 3 is 2.29 bits per heavy atom. The van der Waals surface area contributed by atoms with E-state index in [4.69, 9.17) is 4.74 Å². The number of carbonyl (C=O) groups excluding carboxylic acids is 3. The van der Waals surface area contributed by atoms with Crippen molar-refractivity contribution in [1.29, 1.82) is 0 Å². The molecule has 1 saturated carbocycles. The molecule has 0 unspecified atom stereocenters. The first-order valence-electron chi connectivity index (χ1n) is 12.1. The highest BCUT2D eigenvalue weighted by Gasteiger charge is 2.43. The van der Waals surface area contributed by atoms with Gasteiger partial charge in [-0.3, -0.25) is 14.5 Å². The van der Waals surface area contributed by atoms with Gasteiger partial charge in [-0.25, -0.2) is 0 Å². The first kappa shape index (κ1) is 24.1. The fraction of sp³-hybridized carbons (Fsp3) is 0.444. The van der Waals surface area contributed by atoms with Crippen molar-refractivity contribution < 1.29 is 19.1 Å². The lowest BCUT2D eigenvalue weighted by molar-refractivity contribution is -0.126. The van der Waals surface area contributed by atoms with E-state index in [-0.39, 0.29) is 18.4 Å². The molecule has 7 nitrogen and oxygen atoms in total. The Balaban J connectivity index is 1.50. The van der Waals surface area contributed by atoms with Gasteiger partial charge in [-0.15, -0.1) is 0 Å². The maximum atomic E-state index is 13.8. The fourth-order valence-corrected chi connectivity index (χ4v) is 4.86. The zero-order valence-electron chi connectivity index (χ0n) is 19.6. The number of morpholine rings is 1. The number of anilines is 1. The minimum Gasteiger partial charge on any atom is -0.379 e. The van der Waals surface area contributed by atoms with Crippen LogP contribution in [-0.4, -0.2) is 61.4 Å². The molecule has 0 spiro atoms. The quantitative estimate of drug-likeness (QED) is 0.609. The topological polar surface area (TPSA) is 79.0 Å². The molecule has 1 aliphatic heterocycles. The average molecular weight is 464 g/mol. The Labute approximate surface area is 201 Å². The molecule has 0 atom stereocenters. The molecule has 2 aromatic rings. The van der Waals surface area contributed by atoms with E-state index < -0.39 is 5.54 Å². The molecule has 0 aromatic heterocycles. The fourth-order valence-electron chi connectivity index (χ4n) is 4.86. The molecule has 2 amide bonds. The van der Waals surface area contributed by atoms with E-state index in [9.17, 15) is 14.4 Å². The van der Waals surface area contributed by atoms with Crippen LogP contribution in [0.3, 0.4) is 0 Å². The highest BCUT2D eigenvalue weighted by atomic mass is 16.5. The van der Waals surface area contributed by atoms with Crippen LogP contribution in [0.2, 0.25) is 0 Å². The molecule has 0 radical (unpaired) electrons. The summed E-state index contributed by atoms with van der Waals surface area (Å²) in [5.74, 6) is -0.477. The van der Waals surface area contributed by atoms with Crippen molar-refractivity contribution in [3.8, 4) is 0 Å². The summed E-state index contributed by atoms with van der Waals surface area (Å²) in [6.07, 6.45) is 4.60. The summed E-state index contributed by atoms with van der Waals surface area (Å²) < 4.78 is 5.40. The summed E-state index contributed by atoms with van der Waals surface area (Å²) >= 11 is 0. The van der Waals surface area contributed by atoms with E-state index in [1.54, 1.807) is 0 Å². The number of nitrogens with one attached hydrogen (secondary N) is 1. The van der Waals surface area contributed by atoms with Crippen molar-refractivity contribution >= 4 is 23.8 Å². The summed E-state index contributed by atoms with van der Waals surface area (Å²) in [7, 11) is 0. The number of aldehydes is 1. The maximum absolute atomic E-state index is 13.8. The van der Waals surface area contributed by atoms with Gasteiger partial charge >= 0.3 is 0 Å². The number of rotatable bonds is 8. The second kappa shape index (κ2) is 11.4. The van der Waals surface area contributed by atoms with E-state index >= 15 is 0 Å². The molecule has 180 valence electrons. The number of hydrogen-bond donors (Lipinski definition) is 1. The zero-order valence-corrected chi connectivity index (χ0v) is 19.6. The van der Waals surface area contributed by atoms with Gasteiger partial charge in [0.25, 0.3) is 11.8 Å². The van der Waals surface area contributed by atoms with E-state index in [1.807, 2.05) is 54.6 Å². The molecule has 2 aliphatic rings. The Morgan fingerprint density at radius 2 is 1.65 bits per heavy atom. The summed E-state index contributed by atoms with van der Waals surface area (Å²) in [6.45, 7) is 4.10. The van der Waals surface area contributed by atoms with E-state index in [1.165, 1.54) is 4.90 Å². The van der Waals surface area contributed by atoms with Gasteiger partial charge < -0.3 is 19.7 Å². The van der Waals surface area contributed by atoms with Gasteiger partial charge in [-0.05, 0) is 42.7 Å². The normalized spacial score (nSPS) is 18.1. The summed E-state index contributed by atoms with van der Waals surface area (Å²) in [5.41, 5.74) is 1.32. The van der Waals surface area contributed by atoms with Crippen LogP contribution >= 0.6 is 0 Å². The van der Waals surface area contributed by atoms with Crippen molar-refractivity contribution in [3.63, 3.8) is 0 Å². The molecule has 1 N–H and O–H groups in total. The van der Waals surface area contributed by atoms with Crippen molar-refractivity contribution in [3.05, 3.63) is 65.7 Å². The average Bonchev–Trinajstić information content (AvgIpc) is 2.89. The molecular weight excluding hydrogens is 430 g/mol. The molecule has 2 fully saturated rings. The van der Waals surface area contributed by atoms with Gasteiger partial charge in [0, 0.05) is 30.9 Å². The van der Waals surface area contributed by atoms with Crippen LogP contribution in [0.1, 0.15) is 48.0 Å². The SMILES string of the molecule is O=CCN(C(=O)C1(NC(=O)c2ccc(CN3CCOCC3)cc2)CCCCC1)c1ccccc1. The Kier molecular flexibility index (Phi) is 8.08. The first-order valence-corrected chi connectivity index (χ1v) is 12.1. The molecule has 1 saturated heterocycles. The van der Waals surface area contributed by atoms with Crippen LogP contribution in [0.5, 0.6) is 0 Å². The Hall–Kier alpha value is -3.03. The number of carbonyl (C=O) groups is 3. The summed E-state index contributed by atoms with van der Waals surface area (Å²) in [5, 5.41) is 3.08. The standard InChI is InChI=1S/C27H33N3O4/c31-18-15-30(24-7-3-1-4-8-24)26(33)27(13-5-2-6-14-27)28-25(32)23-11-9-22(10-12-23)21-29-16-19-34-20-17-29/h1,3-4,7-12,18H,2,5-6,13-17,19-21H2,(H,28,32). The number of ether oxygens (including phenoxy) is 1. The predicted octanol–water partition coefficient (Wildman–Crippen LogP) is 3.18. The predicted molar refractivity (Wildman–Crippen MR) is 131 cm³/mol. The highest BCUT2D eigenvalue weighted by molar-refractivity contribution is 6.06. The van der Waals surface area contributed by atoms with Crippen LogP contribution in [0.25, 0.3) is 0 Å². The third-order valence-corrected chi connectivity index (χ3v) is 6.77. The van der Waals surface area contributed by atoms with Crippen molar-refractivity contribution in [2.75, 3.05) is 37.7 Å². The Morgan fingerprint density at radius 1 is 0.971 bits per heavy atom. The van der Waals surface area contributed by atoms with Crippen molar-refractivity contribution in [2.24, 2.45) is 0 Å². The molecule has 4 rings (SSSR count). The van der Waals surface area contributed by atoms with Crippen LogP contribution in [0, 0.1) is 0 Å². The lowest BCUT2D eigenvalue weighted by atomic mass is 9.80. The second-order valence-corrected chi connectivity index (χ2v) is 9.10. The maximum Gasteiger partial charge on any atom is 0.253 e. The molecular formula is C27H33N3O4. The van der Waals surface area contributed by atoms with E-state index in [0.29, 0.717) is 24.1 Å². The van der Waals surface area contributed by atoms with E-state index in [2.05, 4.69) is 10.2 Å². The summed E-state index contributed by atoms with van der Waals surface area (Å²) in [6, 6.07) is 16.8. The highest BCUT2D eigenvalue weighted by Crippen LogP contribution is 2.32. The van der Waals surface area contributed by atoms with Crippen LogP contribution in [0.4, 0.5) is 5.69 Å². The van der Waals surface area contributed by atoms with Gasteiger partial charge in [-0.1, -0.05) is 49.6 Å². The number of nitrogens with zero attached hydrogens (tertiary/aromatic N) is 2. The molecule has 1 heterocycles. The largest absolute Gasteiger partial charge is 0.379 e. The minimum atomic E-state index is -1.01. The van der Waals surface area contributed by atoms with Crippen LogP contribution in [0.15, 0.2) is 54.6 Å². The van der Waals surface area contributed by atoms with Crippen LogP contribution < -0.4 is 10.2 Å². The minimum absolute atomic E-state index is 0.0449.